The second kappa shape index (κ2) is 6.50. The van der Waals surface area contributed by atoms with Crippen LogP contribution in [0.5, 0.6) is 0 Å². The van der Waals surface area contributed by atoms with E-state index < -0.39 is 0 Å². The van der Waals surface area contributed by atoms with Gasteiger partial charge in [-0.3, -0.25) is 9.59 Å². The van der Waals surface area contributed by atoms with Crippen LogP contribution >= 0.6 is 11.8 Å². The zero-order chi connectivity index (χ0) is 16.4. The average molecular weight is 330 g/mol. The van der Waals surface area contributed by atoms with Gasteiger partial charge in [0.05, 0.1) is 23.7 Å². The molecule has 1 aliphatic heterocycles. The van der Waals surface area contributed by atoms with E-state index in [9.17, 15) is 9.59 Å². The van der Waals surface area contributed by atoms with Gasteiger partial charge in [-0.1, -0.05) is 12.1 Å². The number of nitrogens with zero attached hydrogens (tertiary/aromatic N) is 2. The molecule has 0 bridgehead atoms. The van der Waals surface area contributed by atoms with Crippen molar-refractivity contribution in [1.29, 1.82) is 0 Å². The van der Waals surface area contributed by atoms with E-state index in [2.05, 4.69) is 0 Å². The highest BCUT2D eigenvalue weighted by Gasteiger charge is 2.28. The molecule has 120 valence electrons. The molecular weight excluding hydrogens is 312 g/mol. The van der Waals surface area contributed by atoms with Crippen molar-refractivity contribution in [2.24, 2.45) is 0 Å². The number of hydrogen-bond acceptors (Lipinski definition) is 4. The van der Waals surface area contributed by atoms with E-state index in [1.54, 1.807) is 29.2 Å². The van der Waals surface area contributed by atoms with E-state index in [-0.39, 0.29) is 24.4 Å². The summed E-state index contributed by atoms with van der Waals surface area (Å²) in [5.74, 6) is 0.925. The van der Waals surface area contributed by atoms with E-state index in [4.69, 9.17) is 4.42 Å². The zero-order valence-electron chi connectivity index (χ0n) is 13.1. The van der Waals surface area contributed by atoms with Crippen LogP contribution in [-0.2, 0) is 9.59 Å². The van der Waals surface area contributed by atoms with Crippen LogP contribution in [0.25, 0.3) is 0 Å². The van der Waals surface area contributed by atoms with Crippen molar-refractivity contribution in [3.8, 4) is 0 Å². The lowest BCUT2D eigenvalue weighted by atomic mass is 10.2. The molecule has 1 aromatic heterocycles. The van der Waals surface area contributed by atoms with Crippen LogP contribution < -0.4 is 4.90 Å². The molecule has 5 nitrogen and oxygen atoms in total. The number of amides is 2. The molecule has 0 unspecified atom stereocenters. The Morgan fingerprint density at radius 1 is 1.35 bits per heavy atom. The molecule has 1 aliphatic rings. The predicted octanol–water partition coefficient (Wildman–Crippen LogP) is 2.94. The van der Waals surface area contributed by atoms with Crippen LogP contribution in [0.2, 0.25) is 0 Å². The number of furan rings is 1. The van der Waals surface area contributed by atoms with Gasteiger partial charge in [0.25, 0.3) is 0 Å². The predicted molar refractivity (Wildman–Crippen MR) is 89.4 cm³/mol. The summed E-state index contributed by atoms with van der Waals surface area (Å²) >= 11 is 1.51. The molecule has 2 aromatic rings. The third-order valence-corrected chi connectivity index (χ3v) is 5.08. The minimum Gasteiger partial charge on any atom is -0.467 e. The van der Waals surface area contributed by atoms with Crippen molar-refractivity contribution in [2.45, 2.75) is 17.9 Å². The molecule has 23 heavy (non-hydrogen) atoms. The molecule has 0 spiro atoms. The normalized spacial score (nSPS) is 15.2. The number of carbonyl (C=O) groups is 2. The molecule has 1 atom stereocenters. The minimum atomic E-state index is -0.179. The summed E-state index contributed by atoms with van der Waals surface area (Å²) in [4.78, 5) is 29.0. The van der Waals surface area contributed by atoms with Gasteiger partial charge in [0.2, 0.25) is 11.8 Å². The topological polar surface area (TPSA) is 53.8 Å². The molecule has 0 aliphatic carbocycles. The van der Waals surface area contributed by atoms with E-state index >= 15 is 0 Å². The maximum Gasteiger partial charge on any atom is 0.242 e. The highest BCUT2D eigenvalue weighted by atomic mass is 32.2. The Morgan fingerprint density at radius 2 is 2.13 bits per heavy atom. The number of likely N-dealkylation sites (N-methyl/N-ethyl adjacent to an activating group) is 1. The van der Waals surface area contributed by atoms with Crippen molar-refractivity contribution in [1.82, 2.24) is 4.90 Å². The van der Waals surface area contributed by atoms with Crippen LogP contribution in [0.15, 0.2) is 52.0 Å². The fourth-order valence-corrected chi connectivity index (χ4v) is 3.45. The van der Waals surface area contributed by atoms with Gasteiger partial charge in [-0.05, 0) is 31.2 Å². The van der Waals surface area contributed by atoms with Gasteiger partial charge in [0, 0.05) is 11.9 Å². The number of carbonyl (C=O) groups excluding carboxylic acids is 2. The van der Waals surface area contributed by atoms with Crippen LogP contribution in [0.1, 0.15) is 18.7 Å². The fourth-order valence-electron chi connectivity index (χ4n) is 2.51. The van der Waals surface area contributed by atoms with Crippen LogP contribution in [0.4, 0.5) is 5.69 Å². The first-order valence-corrected chi connectivity index (χ1v) is 8.37. The summed E-state index contributed by atoms with van der Waals surface area (Å²) in [6.07, 6.45) is 1.59. The second-order valence-corrected chi connectivity index (χ2v) is 6.45. The maximum atomic E-state index is 12.6. The Morgan fingerprint density at radius 3 is 2.87 bits per heavy atom. The first-order valence-electron chi connectivity index (χ1n) is 7.39. The number of thioether (sulfide) groups is 1. The molecule has 0 radical (unpaired) electrons. The standard InChI is InChI=1S/C17H18N2O3S/c1-12(14-7-5-9-22-14)18(2)16(20)10-19-13-6-3-4-8-15(13)23-11-17(19)21/h3-9,12H,10-11H2,1-2H3/t12-/m1/s1. The summed E-state index contributed by atoms with van der Waals surface area (Å²) in [5.41, 5.74) is 0.807. The molecule has 2 amide bonds. The number of rotatable bonds is 4. The van der Waals surface area contributed by atoms with Crippen molar-refractivity contribution >= 4 is 29.3 Å². The van der Waals surface area contributed by atoms with Gasteiger partial charge in [-0.15, -0.1) is 11.8 Å². The quantitative estimate of drug-likeness (QED) is 0.865. The highest BCUT2D eigenvalue weighted by molar-refractivity contribution is 8.00. The Labute approximate surface area is 139 Å². The Hall–Kier alpha value is -2.21. The molecule has 0 saturated heterocycles. The lowest BCUT2D eigenvalue weighted by Gasteiger charge is -2.31. The lowest BCUT2D eigenvalue weighted by molar-refractivity contribution is -0.132. The Kier molecular flexibility index (Phi) is 4.43. The molecule has 0 N–H and O–H groups in total. The highest BCUT2D eigenvalue weighted by Crippen LogP contribution is 2.35. The van der Waals surface area contributed by atoms with Crippen LogP contribution in [-0.4, -0.2) is 36.1 Å². The Balaban J connectivity index is 1.76. The first-order chi connectivity index (χ1) is 11.1. The van der Waals surface area contributed by atoms with Crippen molar-refractivity contribution < 1.29 is 14.0 Å². The van der Waals surface area contributed by atoms with Crippen molar-refractivity contribution in [3.63, 3.8) is 0 Å². The van der Waals surface area contributed by atoms with Crippen molar-refractivity contribution in [2.75, 3.05) is 24.2 Å². The molecule has 2 heterocycles. The molecule has 1 aromatic carbocycles. The minimum absolute atomic E-state index is 0.0396. The number of hydrogen-bond donors (Lipinski definition) is 0. The number of fused-ring (bicyclic) bond motifs is 1. The monoisotopic (exact) mass is 330 g/mol. The number of anilines is 1. The van der Waals surface area contributed by atoms with Gasteiger partial charge in [-0.25, -0.2) is 0 Å². The number of benzene rings is 1. The third-order valence-electron chi connectivity index (χ3n) is 4.03. The summed E-state index contributed by atoms with van der Waals surface area (Å²) in [6.45, 7) is 1.94. The smallest absolute Gasteiger partial charge is 0.242 e. The van der Waals surface area contributed by atoms with Gasteiger partial charge in [0.15, 0.2) is 0 Å². The second-order valence-electron chi connectivity index (χ2n) is 5.43. The summed E-state index contributed by atoms with van der Waals surface area (Å²) in [5, 5.41) is 0. The molecule has 0 fully saturated rings. The van der Waals surface area contributed by atoms with Gasteiger partial charge in [-0.2, -0.15) is 0 Å². The average Bonchev–Trinajstić information content (AvgIpc) is 3.10. The lowest BCUT2D eigenvalue weighted by Crippen LogP contribution is -2.44. The molecule has 0 saturated carbocycles. The maximum absolute atomic E-state index is 12.6. The largest absolute Gasteiger partial charge is 0.467 e. The van der Waals surface area contributed by atoms with Crippen LogP contribution in [0.3, 0.4) is 0 Å². The number of para-hydroxylation sites is 1. The summed E-state index contributed by atoms with van der Waals surface area (Å²) in [6, 6.07) is 11.1. The Bertz CT molecular complexity index is 714. The fraction of sp³-hybridized carbons (Fsp3) is 0.294. The molecule has 6 heteroatoms. The molecular formula is C17H18N2O3S. The van der Waals surface area contributed by atoms with E-state index in [1.807, 2.05) is 37.3 Å². The van der Waals surface area contributed by atoms with Crippen LogP contribution in [0, 0.1) is 0 Å². The molecule has 3 rings (SSSR count). The van der Waals surface area contributed by atoms with Gasteiger partial charge >= 0.3 is 0 Å². The SMILES string of the molecule is C[C@H](c1ccco1)N(C)C(=O)CN1C(=O)CSc2ccccc21. The first kappa shape index (κ1) is 15.7. The summed E-state index contributed by atoms with van der Waals surface area (Å²) < 4.78 is 5.36. The van der Waals surface area contributed by atoms with E-state index in [0.717, 1.165) is 16.3 Å². The van der Waals surface area contributed by atoms with E-state index in [1.165, 1.54) is 11.8 Å². The van der Waals surface area contributed by atoms with Crippen molar-refractivity contribution in [3.05, 3.63) is 48.4 Å². The van der Waals surface area contributed by atoms with Gasteiger partial charge < -0.3 is 14.2 Å². The van der Waals surface area contributed by atoms with Gasteiger partial charge in [0.1, 0.15) is 12.3 Å². The zero-order valence-corrected chi connectivity index (χ0v) is 13.9. The van der Waals surface area contributed by atoms with E-state index in [0.29, 0.717) is 5.75 Å². The third kappa shape index (κ3) is 3.12. The summed E-state index contributed by atoms with van der Waals surface area (Å²) in [7, 11) is 1.73.